The van der Waals surface area contributed by atoms with Gasteiger partial charge in [0, 0.05) is 5.92 Å². The molecule has 1 aromatic rings. The number of carbonyl (C=O) groups is 1. The van der Waals surface area contributed by atoms with Crippen LogP contribution in [0.1, 0.15) is 24.3 Å². The molecule has 136 valence electrons. The highest BCUT2D eigenvalue weighted by Crippen LogP contribution is 2.24. The van der Waals surface area contributed by atoms with Crippen molar-refractivity contribution in [1.82, 2.24) is 14.8 Å². The van der Waals surface area contributed by atoms with Crippen molar-refractivity contribution in [3.05, 3.63) is 11.5 Å². The first-order valence-corrected chi connectivity index (χ1v) is 8.76. The number of likely N-dealkylation sites (tertiary alicyclic amines) is 1. The van der Waals surface area contributed by atoms with Crippen molar-refractivity contribution in [3.63, 3.8) is 0 Å². The Kier molecular flexibility index (Phi) is 5.23. The molecule has 1 amide bonds. The van der Waals surface area contributed by atoms with Crippen LogP contribution >= 0.6 is 0 Å². The van der Waals surface area contributed by atoms with Gasteiger partial charge >= 0.3 is 6.18 Å². The molecule has 1 fully saturated rings. The largest absolute Gasteiger partial charge is 0.401 e. The van der Waals surface area contributed by atoms with Gasteiger partial charge in [0.05, 0.1) is 6.54 Å². The van der Waals surface area contributed by atoms with E-state index < -0.39 is 34.6 Å². The Morgan fingerprint density at radius 3 is 2.38 bits per heavy atom. The molecular formula is C13H18F3N3O4S. The molecular weight excluding hydrogens is 351 g/mol. The third kappa shape index (κ3) is 4.47. The minimum Gasteiger partial charge on any atom is -0.360 e. The fraction of sp³-hybridized carbons (Fsp3) is 0.692. The van der Waals surface area contributed by atoms with E-state index in [0.717, 1.165) is 0 Å². The number of piperidine rings is 1. The molecule has 24 heavy (non-hydrogen) atoms. The summed E-state index contributed by atoms with van der Waals surface area (Å²) in [4.78, 5) is 13.2. The average Bonchev–Trinajstić information content (AvgIpc) is 2.77. The number of nitrogens with zero attached hydrogens (tertiary/aromatic N) is 2. The summed E-state index contributed by atoms with van der Waals surface area (Å²) < 4.78 is 68.2. The number of aromatic nitrogens is 1. The predicted molar refractivity (Wildman–Crippen MR) is 76.5 cm³/mol. The minimum absolute atomic E-state index is 0.0628. The number of rotatable bonds is 4. The summed E-state index contributed by atoms with van der Waals surface area (Å²) in [6.45, 7) is 1.99. The second-order valence-electron chi connectivity index (χ2n) is 5.79. The molecule has 1 aliphatic rings. The zero-order valence-electron chi connectivity index (χ0n) is 13.2. The summed E-state index contributed by atoms with van der Waals surface area (Å²) in [6, 6.07) is 0. The smallest absolute Gasteiger partial charge is 0.360 e. The van der Waals surface area contributed by atoms with Crippen molar-refractivity contribution in [2.45, 2.75) is 37.8 Å². The number of carbonyl (C=O) groups excluding carboxylic acids is 1. The Hall–Kier alpha value is -1.62. The maximum Gasteiger partial charge on any atom is 0.401 e. The van der Waals surface area contributed by atoms with E-state index in [0.29, 0.717) is 0 Å². The zero-order chi connectivity index (χ0) is 18.1. The van der Waals surface area contributed by atoms with Gasteiger partial charge in [-0.3, -0.25) is 9.69 Å². The van der Waals surface area contributed by atoms with Crippen LogP contribution in [0.2, 0.25) is 0 Å². The van der Waals surface area contributed by atoms with E-state index >= 15 is 0 Å². The zero-order valence-corrected chi connectivity index (χ0v) is 14.0. The SMILES string of the molecule is Cc1noc(C)c1S(=O)(=O)NC(=O)C1CCN(CC(F)(F)F)CC1. The van der Waals surface area contributed by atoms with Crippen LogP contribution in [0.25, 0.3) is 0 Å². The highest BCUT2D eigenvalue weighted by atomic mass is 32.2. The Morgan fingerprint density at radius 2 is 1.92 bits per heavy atom. The van der Waals surface area contributed by atoms with Gasteiger partial charge in [-0.2, -0.15) is 13.2 Å². The van der Waals surface area contributed by atoms with Gasteiger partial charge in [-0.1, -0.05) is 5.16 Å². The average molecular weight is 369 g/mol. The number of alkyl halides is 3. The first-order valence-electron chi connectivity index (χ1n) is 7.28. The molecule has 1 saturated heterocycles. The summed E-state index contributed by atoms with van der Waals surface area (Å²) in [7, 11) is -4.12. The van der Waals surface area contributed by atoms with Crippen LogP contribution in [0.15, 0.2) is 9.42 Å². The van der Waals surface area contributed by atoms with Crippen LogP contribution in [-0.4, -0.2) is 50.2 Å². The quantitative estimate of drug-likeness (QED) is 0.862. The van der Waals surface area contributed by atoms with Crippen molar-refractivity contribution in [2.24, 2.45) is 5.92 Å². The maximum atomic E-state index is 12.3. The third-order valence-electron chi connectivity index (χ3n) is 3.83. The number of sulfonamides is 1. The van der Waals surface area contributed by atoms with E-state index in [1.807, 2.05) is 4.72 Å². The van der Waals surface area contributed by atoms with Gasteiger partial charge in [-0.05, 0) is 39.8 Å². The Morgan fingerprint density at radius 1 is 1.33 bits per heavy atom. The molecule has 0 bridgehead atoms. The summed E-state index contributed by atoms with van der Waals surface area (Å²) in [6.07, 6.45) is -3.96. The van der Waals surface area contributed by atoms with Crippen LogP contribution in [0, 0.1) is 19.8 Å². The number of amides is 1. The summed E-state index contributed by atoms with van der Waals surface area (Å²) in [5.74, 6) is -1.31. The van der Waals surface area contributed by atoms with Crippen LogP contribution < -0.4 is 4.72 Å². The Balaban J connectivity index is 1.97. The van der Waals surface area contributed by atoms with Gasteiger partial charge in [0.25, 0.3) is 10.0 Å². The molecule has 0 saturated carbocycles. The molecule has 2 heterocycles. The molecule has 0 unspecified atom stereocenters. The normalized spacial score (nSPS) is 17.9. The molecule has 1 aromatic heterocycles. The lowest BCUT2D eigenvalue weighted by atomic mass is 9.96. The van der Waals surface area contributed by atoms with Crippen LogP contribution in [0.3, 0.4) is 0 Å². The standard InChI is InChI=1S/C13H18F3N3O4S/c1-8-11(9(2)23-17-8)24(21,22)18-12(20)10-3-5-19(6-4-10)7-13(14,15)16/h10H,3-7H2,1-2H3,(H,18,20). The number of halogens is 3. The van der Waals surface area contributed by atoms with Crippen LogP contribution in [-0.2, 0) is 14.8 Å². The fourth-order valence-corrected chi connectivity index (χ4v) is 4.11. The van der Waals surface area contributed by atoms with Crippen molar-refractivity contribution in [3.8, 4) is 0 Å². The maximum absolute atomic E-state index is 12.3. The molecule has 7 nitrogen and oxygen atoms in total. The van der Waals surface area contributed by atoms with Gasteiger partial charge < -0.3 is 4.52 Å². The Labute approximate surface area is 137 Å². The van der Waals surface area contributed by atoms with E-state index in [4.69, 9.17) is 4.52 Å². The number of hydrogen-bond donors (Lipinski definition) is 1. The second-order valence-corrected chi connectivity index (χ2v) is 7.41. The summed E-state index contributed by atoms with van der Waals surface area (Å²) in [5, 5.41) is 3.53. The molecule has 0 radical (unpaired) electrons. The number of nitrogens with one attached hydrogen (secondary N) is 1. The molecule has 0 aliphatic carbocycles. The van der Waals surface area contributed by atoms with E-state index in [1.54, 1.807) is 0 Å². The van der Waals surface area contributed by atoms with Gasteiger partial charge in [-0.25, -0.2) is 13.1 Å². The molecule has 1 N–H and O–H groups in total. The van der Waals surface area contributed by atoms with Crippen molar-refractivity contribution in [2.75, 3.05) is 19.6 Å². The lowest BCUT2D eigenvalue weighted by molar-refractivity contribution is -0.149. The van der Waals surface area contributed by atoms with Crippen LogP contribution in [0.5, 0.6) is 0 Å². The molecule has 1 aliphatic heterocycles. The highest BCUT2D eigenvalue weighted by Gasteiger charge is 2.35. The summed E-state index contributed by atoms with van der Waals surface area (Å²) >= 11 is 0. The van der Waals surface area contributed by atoms with Crippen molar-refractivity contribution >= 4 is 15.9 Å². The van der Waals surface area contributed by atoms with Crippen LogP contribution in [0.4, 0.5) is 13.2 Å². The predicted octanol–water partition coefficient (Wildman–Crippen LogP) is 1.37. The van der Waals surface area contributed by atoms with Crippen molar-refractivity contribution < 1.29 is 30.9 Å². The summed E-state index contributed by atoms with van der Waals surface area (Å²) in [5.41, 5.74) is 0.132. The highest BCUT2D eigenvalue weighted by molar-refractivity contribution is 7.90. The van der Waals surface area contributed by atoms with Gasteiger partial charge in [0.1, 0.15) is 5.69 Å². The van der Waals surface area contributed by atoms with Gasteiger partial charge in [0.2, 0.25) is 5.91 Å². The van der Waals surface area contributed by atoms with Gasteiger partial charge in [0.15, 0.2) is 10.7 Å². The molecule has 0 spiro atoms. The van der Waals surface area contributed by atoms with E-state index in [9.17, 15) is 26.4 Å². The lowest BCUT2D eigenvalue weighted by Crippen LogP contribution is -2.44. The molecule has 11 heteroatoms. The number of hydrogen-bond acceptors (Lipinski definition) is 6. The van der Waals surface area contributed by atoms with Gasteiger partial charge in [-0.15, -0.1) is 0 Å². The lowest BCUT2D eigenvalue weighted by Gasteiger charge is -2.31. The molecule has 0 aromatic carbocycles. The minimum atomic E-state index is -4.29. The van der Waals surface area contributed by atoms with Crippen molar-refractivity contribution in [1.29, 1.82) is 0 Å². The number of aryl methyl sites for hydroxylation is 2. The van der Waals surface area contributed by atoms with E-state index in [-0.39, 0.29) is 42.3 Å². The van der Waals surface area contributed by atoms with E-state index in [2.05, 4.69) is 5.16 Å². The first-order chi connectivity index (χ1) is 11.0. The first kappa shape index (κ1) is 18.7. The molecule has 0 atom stereocenters. The monoisotopic (exact) mass is 369 g/mol. The second kappa shape index (κ2) is 6.71. The third-order valence-corrected chi connectivity index (χ3v) is 5.42. The fourth-order valence-electron chi connectivity index (χ4n) is 2.73. The topological polar surface area (TPSA) is 92.5 Å². The Bertz CT molecular complexity index is 687. The van der Waals surface area contributed by atoms with E-state index in [1.165, 1.54) is 18.7 Å². The molecule has 2 rings (SSSR count).